The molecule has 26 heavy (non-hydrogen) atoms. The summed E-state index contributed by atoms with van der Waals surface area (Å²) in [5, 5.41) is 13.2. The number of aromatic nitrogens is 3. The third-order valence-corrected chi connectivity index (χ3v) is 6.01. The first-order valence-electron chi connectivity index (χ1n) is 8.54. The summed E-state index contributed by atoms with van der Waals surface area (Å²) in [5.74, 6) is -0.184. The molecular weight excluding hydrogens is 414 g/mol. The summed E-state index contributed by atoms with van der Waals surface area (Å²) in [5.41, 5.74) is 1.26. The Kier molecular flexibility index (Phi) is 5.03. The van der Waals surface area contributed by atoms with Crippen molar-refractivity contribution in [2.45, 2.75) is 19.3 Å². The smallest absolute Gasteiger partial charge is 0.272 e. The summed E-state index contributed by atoms with van der Waals surface area (Å²) in [4.78, 5) is 15.0. The van der Waals surface area contributed by atoms with Crippen molar-refractivity contribution in [2.75, 3.05) is 23.3 Å². The number of para-hydroxylation sites is 1. The van der Waals surface area contributed by atoms with E-state index >= 15 is 0 Å². The number of benzene rings is 1. The average molecular weight is 432 g/mol. The second-order valence-corrected chi connectivity index (χ2v) is 7.90. The van der Waals surface area contributed by atoms with E-state index in [2.05, 4.69) is 36.3 Å². The first-order valence-corrected chi connectivity index (χ1v) is 10.2. The van der Waals surface area contributed by atoms with Crippen molar-refractivity contribution in [1.82, 2.24) is 14.8 Å². The van der Waals surface area contributed by atoms with Gasteiger partial charge in [0.15, 0.2) is 0 Å². The van der Waals surface area contributed by atoms with Crippen molar-refractivity contribution in [3.05, 3.63) is 52.8 Å². The number of anilines is 2. The van der Waals surface area contributed by atoms with Crippen LogP contribution >= 0.6 is 27.3 Å². The Bertz CT molecular complexity index is 916. The van der Waals surface area contributed by atoms with Crippen molar-refractivity contribution in [2.24, 2.45) is 0 Å². The molecule has 0 aliphatic carbocycles. The second-order valence-electron chi connectivity index (χ2n) is 6.11. The molecule has 0 atom stereocenters. The fourth-order valence-electron chi connectivity index (χ4n) is 3.00. The molecule has 6 nitrogen and oxygen atoms in total. The van der Waals surface area contributed by atoms with Crippen molar-refractivity contribution >= 4 is 44.0 Å². The molecule has 1 saturated heterocycles. The van der Waals surface area contributed by atoms with E-state index in [1.54, 1.807) is 10.6 Å². The maximum absolute atomic E-state index is 12.7. The minimum absolute atomic E-state index is 0.184. The topological polar surface area (TPSA) is 63.1 Å². The number of nitrogens with one attached hydrogen (secondary N) is 1. The summed E-state index contributed by atoms with van der Waals surface area (Å²) in [6.07, 6.45) is 5.50. The van der Waals surface area contributed by atoms with Gasteiger partial charge in [0.05, 0.1) is 5.69 Å². The number of nitrogens with zero attached hydrogens (tertiary/aromatic N) is 4. The highest BCUT2D eigenvalue weighted by atomic mass is 79.9. The van der Waals surface area contributed by atoms with Gasteiger partial charge >= 0.3 is 0 Å². The van der Waals surface area contributed by atoms with Crippen LogP contribution in [-0.2, 0) is 0 Å². The number of rotatable bonds is 4. The third-order valence-electron chi connectivity index (χ3n) is 4.34. The Labute approximate surface area is 164 Å². The van der Waals surface area contributed by atoms with Crippen LogP contribution in [0.3, 0.4) is 0 Å². The minimum atomic E-state index is -0.184. The Balaban J connectivity index is 1.56. The van der Waals surface area contributed by atoms with E-state index in [0.29, 0.717) is 10.8 Å². The number of piperidine rings is 1. The number of hydrogen-bond acceptors (Lipinski definition) is 5. The van der Waals surface area contributed by atoms with Gasteiger partial charge in [-0.05, 0) is 59.5 Å². The molecular formula is C18H18BrN5OS. The average Bonchev–Trinajstić information content (AvgIpc) is 3.33. The second kappa shape index (κ2) is 7.59. The Morgan fingerprint density at radius 3 is 2.62 bits per heavy atom. The standard InChI is InChI=1S/C18H18BrN5OS/c19-13-7-2-3-8-14(13)20-16(25)15-9-6-12-24(15)18-22-21-17(26-18)23-10-4-1-5-11-23/h2-3,6-9,12H,1,4-5,10-11H2,(H,20,25). The molecule has 8 heteroatoms. The molecule has 3 aromatic rings. The summed E-state index contributed by atoms with van der Waals surface area (Å²) in [6.45, 7) is 2.05. The Morgan fingerprint density at radius 1 is 1.04 bits per heavy atom. The van der Waals surface area contributed by atoms with Crippen molar-refractivity contribution in [3.63, 3.8) is 0 Å². The lowest BCUT2D eigenvalue weighted by atomic mass is 10.1. The molecule has 0 saturated carbocycles. The molecule has 1 aliphatic heterocycles. The number of carbonyl (C=O) groups is 1. The van der Waals surface area contributed by atoms with Crippen LogP contribution in [-0.4, -0.2) is 33.8 Å². The largest absolute Gasteiger partial charge is 0.347 e. The Hall–Kier alpha value is -2.19. The van der Waals surface area contributed by atoms with E-state index in [0.717, 1.165) is 28.4 Å². The van der Waals surface area contributed by atoms with Gasteiger partial charge in [-0.15, -0.1) is 10.2 Å². The SMILES string of the molecule is O=C(Nc1ccccc1Br)c1cccn1-c1nnc(N2CCCCC2)s1. The molecule has 3 heterocycles. The van der Waals surface area contributed by atoms with Gasteiger partial charge in [0.25, 0.3) is 5.91 Å². The molecule has 134 valence electrons. The fourth-order valence-corrected chi connectivity index (χ4v) is 4.28. The molecule has 0 bridgehead atoms. The van der Waals surface area contributed by atoms with Crippen LogP contribution in [0.15, 0.2) is 47.1 Å². The quantitative estimate of drug-likeness (QED) is 0.667. The van der Waals surface area contributed by atoms with E-state index in [1.165, 1.54) is 30.6 Å². The molecule has 4 rings (SSSR count). The number of hydrogen-bond donors (Lipinski definition) is 1. The molecule has 1 aromatic carbocycles. The van der Waals surface area contributed by atoms with Crippen LogP contribution in [0, 0.1) is 0 Å². The van der Waals surface area contributed by atoms with Crippen LogP contribution in [0.5, 0.6) is 0 Å². The lowest BCUT2D eigenvalue weighted by Gasteiger charge is -2.25. The highest BCUT2D eigenvalue weighted by molar-refractivity contribution is 9.10. The van der Waals surface area contributed by atoms with Crippen LogP contribution in [0.25, 0.3) is 5.13 Å². The van der Waals surface area contributed by atoms with Gasteiger partial charge in [0.1, 0.15) is 5.69 Å². The first-order chi connectivity index (χ1) is 12.7. The van der Waals surface area contributed by atoms with Crippen molar-refractivity contribution in [1.29, 1.82) is 0 Å². The lowest BCUT2D eigenvalue weighted by molar-refractivity contribution is 0.102. The molecule has 1 amide bonds. The fraction of sp³-hybridized carbons (Fsp3) is 0.278. The van der Waals surface area contributed by atoms with Gasteiger partial charge < -0.3 is 10.2 Å². The van der Waals surface area contributed by atoms with Gasteiger partial charge in [0, 0.05) is 23.8 Å². The zero-order valence-corrected chi connectivity index (χ0v) is 16.5. The predicted molar refractivity (Wildman–Crippen MR) is 107 cm³/mol. The highest BCUT2D eigenvalue weighted by Gasteiger charge is 2.19. The first kappa shape index (κ1) is 17.2. The molecule has 0 unspecified atom stereocenters. The zero-order valence-electron chi connectivity index (χ0n) is 14.1. The summed E-state index contributed by atoms with van der Waals surface area (Å²) in [6, 6.07) is 11.2. The zero-order chi connectivity index (χ0) is 17.9. The van der Waals surface area contributed by atoms with Gasteiger partial charge in [-0.1, -0.05) is 23.5 Å². The van der Waals surface area contributed by atoms with E-state index in [4.69, 9.17) is 0 Å². The molecule has 0 radical (unpaired) electrons. The van der Waals surface area contributed by atoms with Crippen LogP contribution in [0.1, 0.15) is 29.8 Å². The van der Waals surface area contributed by atoms with Crippen molar-refractivity contribution in [3.8, 4) is 5.13 Å². The molecule has 1 aliphatic rings. The number of amides is 1. The van der Waals surface area contributed by atoms with Gasteiger partial charge in [-0.2, -0.15) is 0 Å². The predicted octanol–water partition coefficient (Wildman–Crippen LogP) is 4.33. The van der Waals surface area contributed by atoms with E-state index < -0.39 is 0 Å². The van der Waals surface area contributed by atoms with Gasteiger partial charge in [-0.3, -0.25) is 9.36 Å². The number of halogens is 1. The molecule has 2 aromatic heterocycles. The Morgan fingerprint density at radius 2 is 1.81 bits per heavy atom. The van der Waals surface area contributed by atoms with Crippen LogP contribution in [0.2, 0.25) is 0 Å². The van der Waals surface area contributed by atoms with E-state index in [-0.39, 0.29) is 5.91 Å². The number of carbonyl (C=O) groups excluding carboxylic acids is 1. The van der Waals surface area contributed by atoms with E-state index in [1.807, 2.05) is 36.5 Å². The summed E-state index contributed by atoms with van der Waals surface area (Å²) in [7, 11) is 0. The van der Waals surface area contributed by atoms with Crippen LogP contribution < -0.4 is 10.2 Å². The molecule has 0 spiro atoms. The normalized spacial score (nSPS) is 14.4. The lowest BCUT2D eigenvalue weighted by Crippen LogP contribution is -2.29. The summed E-state index contributed by atoms with van der Waals surface area (Å²) < 4.78 is 2.63. The monoisotopic (exact) mass is 431 g/mol. The van der Waals surface area contributed by atoms with Gasteiger partial charge in [-0.25, -0.2) is 0 Å². The molecule has 1 fully saturated rings. The van der Waals surface area contributed by atoms with Crippen LogP contribution in [0.4, 0.5) is 10.8 Å². The van der Waals surface area contributed by atoms with E-state index in [9.17, 15) is 4.79 Å². The molecule has 1 N–H and O–H groups in total. The highest BCUT2D eigenvalue weighted by Crippen LogP contribution is 2.27. The van der Waals surface area contributed by atoms with Crippen molar-refractivity contribution < 1.29 is 4.79 Å². The van der Waals surface area contributed by atoms with Gasteiger partial charge in [0.2, 0.25) is 10.3 Å². The maximum Gasteiger partial charge on any atom is 0.272 e. The minimum Gasteiger partial charge on any atom is -0.347 e. The maximum atomic E-state index is 12.7. The third kappa shape index (κ3) is 3.52. The summed E-state index contributed by atoms with van der Waals surface area (Å²) >= 11 is 4.97.